The lowest BCUT2D eigenvalue weighted by Crippen LogP contribution is -2.36. The van der Waals surface area contributed by atoms with E-state index in [9.17, 15) is 9.59 Å². The lowest BCUT2D eigenvalue weighted by atomic mass is 9.85. The lowest BCUT2D eigenvalue weighted by Gasteiger charge is -2.33. The van der Waals surface area contributed by atoms with Crippen LogP contribution in [0.2, 0.25) is 0 Å². The zero-order valence-corrected chi connectivity index (χ0v) is 21.0. The number of carbonyl (C=O) groups is 2. The molecule has 5 heteroatoms. The van der Waals surface area contributed by atoms with Gasteiger partial charge in [-0.3, -0.25) is 9.59 Å². The highest BCUT2D eigenvalue weighted by Crippen LogP contribution is 2.32. The maximum absolute atomic E-state index is 13.5. The Kier molecular flexibility index (Phi) is 7.83. The summed E-state index contributed by atoms with van der Waals surface area (Å²) in [6.45, 7) is 8.85. The molecular formula is C28H39N3O2. The van der Waals surface area contributed by atoms with E-state index in [0.29, 0.717) is 13.0 Å². The van der Waals surface area contributed by atoms with Gasteiger partial charge in [-0.15, -0.1) is 0 Å². The smallest absolute Gasteiger partial charge is 0.227 e. The average molecular weight is 450 g/mol. The van der Waals surface area contributed by atoms with E-state index in [1.807, 2.05) is 55.4 Å². The van der Waals surface area contributed by atoms with E-state index >= 15 is 0 Å². The van der Waals surface area contributed by atoms with Gasteiger partial charge in [-0.1, -0.05) is 57.5 Å². The van der Waals surface area contributed by atoms with Gasteiger partial charge in [-0.05, 0) is 54.5 Å². The second-order valence-electron chi connectivity index (χ2n) is 10.7. The topological polar surface area (TPSA) is 52.7 Å². The molecule has 0 spiro atoms. The van der Waals surface area contributed by atoms with Crippen molar-refractivity contribution in [3.8, 4) is 0 Å². The number of anilines is 2. The van der Waals surface area contributed by atoms with Crippen LogP contribution in [-0.4, -0.2) is 30.8 Å². The van der Waals surface area contributed by atoms with Crippen LogP contribution >= 0.6 is 0 Å². The van der Waals surface area contributed by atoms with Crippen molar-refractivity contribution < 1.29 is 9.59 Å². The summed E-state index contributed by atoms with van der Waals surface area (Å²) in [6.07, 6.45) is 3.54. The molecule has 1 saturated carbocycles. The van der Waals surface area contributed by atoms with Crippen LogP contribution in [0, 0.1) is 11.3 Å². The van der Waals surface area contributed by atoms with E-state index in [-0.39, 0.29) is 29.2 Å². The summed E-state index contributed by atoms with van der Waals surface area (Å²) in [7, 11) is 4.01. The third-order valence-corrected chi connectivity index (χ3v) is 6.40. The van der Waals surface area contributed by atoms with Crippen molar-refractivity contribution in [1.29, 1.82) is 0 Å². The summed E-state index contributed by atoms with van der Waals surface area (Å²) >= 11 is 0. The molecule has 1 N–H and O–H groups in total. The van der Waals surface area contributed by atoms with Crippen LogP contribution in [0.5, 0.6) is 0 Å². The molecular weight excluding hydrogens is 410 g/mol. The molecule has 2 aromatic rings. The maximum atomic E-state index is 13.5. The fourth-order valence-corrected chi connectivity index (χ4v) is 4.23. The molecule has 1 unspecified atom stereocenters. The number of nitrogens with zero attached hydrogens (tertiary/aromatic N) is 2. The third kappa shape index (κ3) is 6.59. The van der Waals surface area contributed by atoms with Gasteiger partial charge < -0.3 is 15.1 Å². The van der Waals surface area contributed by atoms with Gasteiger partial charge in [0.2, 0.25) is 11.8 Å². The summed E-state index contributed by atoms with van der Waals surface area (Å²) < 4.78 is 0. The van der Waals surface area contributed by atoms with Gasteiger partial charge in [-0.2, -0.15) is 0 Å². The Morgan fingerprint density at radius 3 is 2.27 bits per heavy atom. The van der Waals surface area contributed by atoms with Crippen LogP contribution in [0.4, 0.5) is 11.4 Å². The largest absolute Gasteiger partial charge is 0.377 e. The zero-order valence-electron chi connectivity index (χ0n) is 21.0. The van der Waals surface area contributed by atoms with Gasteiger partial charge in [-0.25, -0.2) is 0 Å². The SMILES string of the molecule is CC(c1ccccc1)N(Cc1cc(NC(=O)C2CCC2)ccc1N(C)C)C(=O)CC(C)(C)C. The summed E-state index contributed by atoms with van der Waals surface area (Å²) in [5.41, 5.74) is 3.87. The van der Waals surface area contributed by atoms with Crippen molar-refractivity contribution in [1.82, 2.24) is 4.90 Å². The summed E-state index contributed by atoms with van der Waals surface area (Å²) in [4.78, 5) is 30.1. The molecule has 2 amide bonds. The number of carbonyl (C=O) groups excluding carboxylic acids is 2. The van der Waals surface area contributed by atoms with Crippen LogP contribution in [-0.2, 0) is 16.1 Å². The molecule has 3 rings (SSSR count). The summed E-state index contributed by atoms with van der Waals surface area (Å²) in [6, 6.07) is 16.1. The molecule has 0 saturated heterocycles. The van der Waals surface area contributed by atoms with Crippen LogP contribution in [0.25, 0.3) is 0 Å². The van der Waals surface area contributed by atoms with E-state index in [1.165, 1.54) is 0 Å². The van der Waals surface area contributed by atoms with Crippen molar-refractivity contribution in [3.05, 3.63) is 59.7 Å². The van der Waals surface area contributed by atoms with Crippen molar-refractivity contribution in [2.45, 2.75) is 66.0 Å². The average Bonchev–Trinajstić information content (AvgIpc) is 2.69. The minimum Gasteiger partial charge on any atom is -0.377 e. The quantitative estimate of drug-likeness (QED) is 0.536. The van der Waals surface area contributed by atoms with E-state index in [1.54, 1.807) is 0 Å². The van der Waals surface area contributed by atoms with E-state index in [0.717, 1.165) is 41.8 Å². The maximum Gasteiger partial charge on any atom is 0.227 e. The molecule has 5 nitrogen and oxygen atoms in total. The Labute approximate surface area is 199 Å². The van der Waals surface area contributed by atoms with Crippen molar-refractivity contribution in [3.63, 3.8) is 0 Å². The molecule has 1 aliphatic rings. The third-order valence-electron chi connectivity index (χ3n) is 6.40. The first-order chi connectivity index (χ1) is 15.5. The minimum absolute atomic E-state index is 0.0655. The molecule has 0 aliphatic heterocycles. The monoisotopic (exact) mass is 449 g/mol. The molecule has 1 atom stereocenters. The molecule has 0 aromatic heterocycles. The fraction of sp³-hybridized carbons (Fsp3) is 0.500. The Morgan fingerprint density at radius 1 is 1.06 bits per heavy atom. The summed E-state index contributed by atoms with van der Waals surface area (Å²) in [5, 5.41) is 3.09. The van der Waals surface area contributed by atoms with E-state index in [2.05, 4.69) is 50.0 Å². The highest BCUT2D eigenvalue weighted by molar-refractivity contribution is 5.93. The number of nitrogens with one attached hydrogen (secondary N) is 1. The first kappa shape index (κ1) is 24.8. The number of benzene rings is 2. The van der Waals surface area contributed by atoms with Gasteiger partial charge in [0.1, 0.15) is 0 Å². The van der Waals surface area contributed by atoms with Crippen molar-refractivity contribution >= 4 is 23.2 Å². The lowest BCUT2D eigenvalue weighted by molar-refractivity contribution is -0.136. The first-order valence-corrected chi connectivity index (χ1v) is 12.0. The van der Waals surface area contributed by atoms with Gasteiger partial charge in [0.05, 0.1) is 6.04 Å². The number of rotatable bonds is 8. The first-order valence-electron chi connectivity index (χ1n) is 12.0. The minimum atomic E-state index is -0.102. The molecule has 2 aromatic carbocycles. The fourth-order valence-electron chi connectivity index (χ4n) is 4.23. The van der Waals surface area contributed by atoms with E-state index < -0.39 is 0 Å². The van der Waals surface area contributed by atoms with Crippen LogP contribution in [0.1, 0.15) is 70.5 Å². The Bertz CT molecular complexity index is 959. The van der Waals surface area contributed by atoms with Gasteiger partial charge in [0.25, 0.3) is 0 Å². The zero-order chi connectivity index (χ0) is 24.2. The predicted molar refractivity (Wildman–Crippen MR) is 136 cm³/mol. The molecule has 0 bridgehead atoms. The predicted octanol–water partition coefficient (Wildman–Crippen LogP) is 6.02. The summed E-state index contributed by atoms with van der Waals surface area (Å²) in [5.74, 6) is 0.362. The normalized spacial score (nSPS) is 14.8. The number of hydrogen-bond acceptors (Lipinski definition) is 3. The van der Waals surface area contributed by atoms with Crippen molar-refractivity contribution in [2.24, 2.45) is 11.3 Å². The molecule has 33 heavy (non-hydrogen) atoms. The molecule has 0 radical (unpaired) electrons. The molecule has 178 valence electrons. The number of amides is 2. The highest BCUT2D eigenvalue weighted by atomic mass is 16.2. The van der Waals surface area contributed by atoms with Gasteiger partial charge >= 0.3 is 0 Å². The Balaban J connectivity index is 1.92. The van der Waals surface area contributed by atoms with Gasteiger partial charge in [0.15, 0.2) is 0 Å². The Hall–Kier alpha value is -2.82. The highest BCUT2D eigenvalue weighted by Gasteiger charge is 2.28. The molecule has 0 heterocycles. The van der Waals surface area contributed by atoms with Gasteiger partial charge in [0, 0.05) is 44.4 Å². The Morgan fingerprint density at radius 2 is 1.73 bits per heavy atom. The second-order valence-corrected chi connectivity index (χ2v) is 10.7. The van der Waals surface area contributed by atoms with Crippen LogP contribution < -0.4 is 10.2 Å². The van der Waals surface area contributed by atoms with Crippen LogP contribution in [0.3, 0.4) is 0 Å². The number of hydrogen-bond donors (Lipinski definition) is 1. The van der Waals surface area contributed by atoms with E-state index in [4.69, 9.17) is 0 Å². The molecule has 1 aliphatic carbocycles. The standard InChI is InChI=1S/C28H39N3O2/c1-20(21-11-8-7-9-12-21)31(26(32)18-28(2,3)4)19-23-17-24(15-16-25(23)30(5)6)29-27(33)22-13-10-14-22/h7-9,11-12,15-17,20,22H,10,13-14,18-19H2,1-6H3,(H,29,33). The second kappa shape index (κ2) is 10.4. The van der Waals surface area contributed by atoms with Crippen molar-refractivity contribution in [2.75, 3.05) is 24.3 Å². The van der Waals surface area contributed by atoms with Crippen LogP contribution in [0.15, 0.2) is 48.5 Å². The molecule has 1 fully saturated rings.